The van der Waals surface area contributed by atoms with E-state index < -0.39 is 12.1 Å². The fourth-order valence-corrected chi connectivity index (χ4v) is 7.04. The summed E-state index contributed by atoms with van der Waals surface area (Å²) in [5, 5.41) is 20.4. The molecule has 0 saturated heterocycles. The minimum Gasteiger partial charge on any atom is -0.496 e. The third kappa shape index (κ3) is 3.13. The van der Waals surface area contributed by atoms with Crippen molar-refractivity contribution >= 4 is 5.97 Å². The number of rotatable bonds is 5. The molecule has 4 saturated carbocycles. The Morgan fingerprint density at radius 3 is 2.10 bits per heavy atom. The number of hydrogen-bond acceptors (Lipinski definition) is 3. The number of carbonyl (C=O) groups is 1. The minimum atomic E-state index is -0.943. The first-order chi connectivity index (χ1) is 14.4. The Morgan fingerprint density at radius 2 is 1.57 bits per heavy atom. The molecule has 0 radical (unpaired) electrons. The zero-order valence-electron chi connectivity index (χ0n) is 17.7. The Balaban J connectivity index is 1.52. The third-order valence-electron chi connectivity index (χ3n) is 7.95. The molecule has 4 heteroatoms. The van der Waals surface area contributed by atoms with Crippen molar-refractivity contribution in [3.8, 4) is 5.75 Å². The van der Waals surface area contributed by atoms with Gasteiger partial charge in [0, 0.05) is 5.56 Å². The largest absolute Gasteiger partial charge is 0.496 e. The average Bonchev–Trinajstić information content (AvgIpc) is 2.71. The first-order valence-corrected chi connectivity index (χ1v) is 11.1. The fourth-order valence-electron chi connectivity index (χ4n) is 7.04. The topological polar surface area (TPSA) is 66.8 Å². The van der Waals surface area contributed by atoms with Crippen LogP contribution < -0.4 is 4.74 Å². The second-order valence-electron chi connectivity index (χ2n) is 9.94. The summed E-state index contributed by atoms with van der Waals surface area (Å²) in [7, 11) is 1.74. The van der Waals surface area contributed by atoms with Gasteiger partial charge in [-0.05, 0) is 104 Å². The van der Waals surface area contributed by atoms with Crippen LogP contribution in [-0.4, -0.2) is 23.3 Å². The highest BCUT2D eigenvalue weighted by molar-refractivity contribution is 5.89. The van der Waals surface area contributed by atoms with Gasteiger partial charge >= 0.3 is 5.97 Å². The average molecular weight is 407 g/mol. The summed E-state index contributed by atoms with van der Waals surface area (Å²) in [6.07, 6.45) is 7.09. The van der Waals surface area contributed by atoms with Crippen molar-refractivity contribution in [3.05, 3.63) is 64.2 Å². The van der Waals surface area contributed by atoms with Crippen LogP contribution in [0.2, 0.25) is 0 Å². The molecule has 0 spiro atoms. The van der Waals surface area contributed by atoms with Crippen molar-refractivity contribution in [1.82, 2.24) is 0 Å². The first-order valence-electron chi connectivity index (χ1n) is 11.1. The van der Waals surface area contributed by atoms with E-state index in [0.717, 1.165) is 34.6 Å². The molecule has 4 fully saturated rings. The molecule has 0 amide bonds. The normalized spacial score (nSPS) is 30.3. The number of carboxylic acids is 1. The van der Waals surface area contributed by atoms with Crippen molar-refractivity contribution in [2.24, 2.45) is 17.8 Å². The highest BCUT2D eigenvalue weighted by atomic mass is 16.5. The van der Waals surface area contributed by atoms with E-state index in [2.05, 4.69) is 6.07 Å². The monoisotopic (exact) mass is 406 g/mol. The number of carboxylic acid groups (broad SMARTS) is 1. The van der Waals surface area contributed by atoms with Crippen LogP contribution >= 0.6 is 0 Å². The lowest BCUT2D eigenvalue weighted by molar-refractivity contribution is -0.00624. The molecule has 2 aromatic rings. The Kier molecular flexibility index (Phi) is 4.66. The van der Waals surface area contributed by atoms with E-state index in [1.54, 1.807) is 32.2 Å². The van der Waals surface area contributed by atoms with Crippen LogP contribution in [0.25, 0.3) is 0 Å². The van der Waals surface area contributed by atoms with Crippen molar-refractivity contribution in [3.63, 3.8) is 0 Å². The third-order valence-corrected chi connectivity index (χ3v) is 7.95. The zero-order valence-corrected chi connectivity index (χ0v) is 17.7. The van der Waals surface area contributed by atoms with Gasteiger partial charge in [-0.15, -0.1) is 0 Å². The van der Waals surface area contributed by atoms with Gasteiger partial charge in [0.2, 0.25) is 0 Å². The summed E-state index contributed by atoms with van der Waals surface area (Å²) in [4.78, 5) is 11.3. The smallest absolute Gasteiger partial charge is 0.335 e. The maximum Gasteiger partial charge on any atom is 0.335 e. The lowest BCUT2D eigenvalue weighted by Crippen LogP contribution is -2.48. The van der Waals surface area contributed by atoms with Crippen LogP contribution in [0.3, 0.4) is 0 Å². The number of aliphatic hydroxyl groups is 1. The summed E-state index contributed by atoms with van der Waals surface area (Å²) in [5.74, 6) is 2.50. The molecule has 4 bridgehead atoms. The Bertz CT molecular complexity index is 957. The Hall–Kier alpha value is -2.33. The van der Waals surface area contributed by atoms with Gasteiger partial charge in [0.15, 0.2) is 0 Å². The molecule has 4 aliphatic carbocycles. The minimum absolute atomic E-state index is 0.179. The van der Waals surface area contributed by atoms with E-state index in [1.807, 2.05) is 12.1 Å². The van der Waals surface area contributed by atoms with Gasteiger partial charge in [0.25, 0.3) is 0 Å². The number of hydrogen-bond donors (Lipinski definition) is 2. The number of methoxy groups -OCH3 is 1. The highest BCUT2D eigenvalue weighted by Crippen LogP contribution is 2.62. The van der Waals surface area contributed by atoms with Gasteiger partial charge in [-0.3, -0.25) is 0 Å². The zero-order chi connectivity index (χ0) is 21.0. The van der Waals surface area contributed by atoms with Crippen LogP contribution in [0.4, 0.5) is 0 Å². The second kappa shape index (κ2) is 7.12. The molecule has 0 heterocycles. The summed E-state index contributed by atoms with van der Waals surface area (Å²) in [6.45, 7) is 1.77. The van der Waals surface area contributed by atoms with E-state index in [-0.39, 0.29) is 11.0 Å². The summed E-state index contributed by atoms with van der Waals surface area (Å²) < 4.78 is 5.79. The molecule has 30 heavy (non-hydrogen) atoms. The molecule has 1 atom stereocenters. The molecule has 4 aliphatic rings. The van der Waals surface area contributed by atoms with Crippen molar-refractivity contribution in [2.75, 3.05) is 7.11 Å². The van der Waals surface area contributed by atoms with E-state index in [4.69, 9.17) is 4.74 Å². The molecule has 4 nitrogen and oxygen atoms in total. The van der Waals surface area contributed by atoms with Crippen LogP contribution in [-0.2, 0) is 5.41 Å². The lowest BCUT2D eigenvalue weighted by atomic mass is 9.48. The Labute approximate surface area is 177 Å². The number of ether oxygens (including phenoxy) is 1. The lowest BCUT2D eigenvalue weighted by Gasteiger charge is -2.57. The number of aryl methyl sites for hydroxylation is 1. The van der Waals surface area contributed by atoms with Crippen molar-refractivity contribution in [1.29, 1.82) is 0 Å². The summed E-state index contributed by atoms with van der Waals surface area (Å²) >= 11 is 0. The fraction of sp³-hybridized carbons (Fsp3) is 0.500. The maximum absolute atomic E-state index is 11.3. The molecular formula is C26H30O4. The summed E-state index contributed by atoms with van der Waals surface area (Å²) in [6, 6.07) is 11.2. The van der Waals surface area contributed by atoms with Gasteiger partial charge in [-0.1, -0.05) is 18.2 Å². The standard InChI is InChI=1S/C26H30O4/c1-15-7-19(3-5-21(15)25(28)29)24(27)20-4-6-23(30-2)22(11-20)26-12-16-8-17(13-26)10-18(9-16)14-26/h3-7,11,16-18,24,27H,8-10,12-14H2,1-2H3,(H,28,29). The number of benzene rings is 2. The van der Waals surface area contributed by atoms with Gasteiger partial charge in [0.1, 0.15) is 11.9 Å². The first kappa shape index (κ1) is 19.6. The highest BCUT2D eigenvalue weighted by Gasteiger charge is 2.52. The van der Waals surface area contributed by atoms with Crippen LogP contribution in [0.1, 0.15) is 77.2 Å². The molecule has 6 rings (SSSR count). The molecule has 0 aromatic heterocycles. The quantitative estimate of drug-likeness (QED) is 0.712. The van der Waals surface area contributed by atoms with Crippen molar-refractivity contribution in [2.45, 2.75) is 57.0 Å². The molecule has 158 valence electrons. The molecule has 0 aliphatic heterocycles. The van der Waals surface area contributed by atoms with Gasteiger partial charge < -0.3 is 14.9 Å². The van der Waals surface area contributed by atoms with Gasteiger partial charge in [-0.2, -0.15) is 0 Å². The van der Waals surface area contributed by atoms with Crippen LogP contribution in [0.15, 0.2) is 36.4 Å². The second-order valence-corrected chi connectivity index (χ2v) is 9.94. The van der Waals surface area contributed by atoms with E-state index in [9.17, 15) is 15.0 Å². The van der Waals surface area contributed by atoms with E-state index in [1.165, 1.54) is 44.1 Å². The Morgan fingerprint density at radius 1 is 1.00 bits per heavy atom. The van der Waals surface area contributed by atoms with Gasteiger partial charge in [0.05, 0.1) is 12.7 Å². The predicted molar refractivity (Wildman–Crippen MR) is 115 cm³/mol. The van der Waals surface area contributed by atoms with Crippen LogP contribution in [0, 0.1) is 24.7 Å². The van der Waals surface area contributed by atoms with Crippen LogP contribution in [0.5, 0.6) is 5.75 Å². The van der Waals surface area contributed by atoms with Gasteiger partial charge in [-0.25, -0.2) is 4.79 Å². The van der Waals surface area contributed by atoms with Crippen molar-refractivity contribution < 1.29 is 19.7 Å². The maximum atomic E-state index is 11.3. The molecule has 2 N–H and O–H groups in total. The van der Waals surface area contributed by atoms with E-state index in [0.29, 0.717) is 5.56 Å². The van der Waals surface area contributed by atoms with E-state index >= 15 is 0 Å². The summed E-state index contributed by atoms with van der Waals surface area (Å²) in [5.41, 5.74) is 3.95. The molecule has 1 unspecified atom stereocenters. The molecular weight excluding hydrogens is 376 g/mol. The number of aliphatic hydroxyl groups excluding tert-OH is 1. The predicted octanol–water partition coefficient (Wildman–Crippen LogP) is 5.25. The number of aromatic carboxylic acids is 1. The SMILES string of the molecule is COc1ccc(C(O)c2ccc(C(=O)O)c(C)c2)cc1C12CC3CC(CC(C3)C1)C2. The molecule has 2 aromatic carbocycles.